The number of hydrogen-bond donors (Lipinski definition) is 0. The zero-order valence-electron chi connectivity index (χ0n) is 17.7. The summed E-state index contributed by atoms with van der Waals surface area (Å²) in [5.41, 5.74) is 4.72. The monoisotopic (exact) mass is 621 g/mol. The Hall–Kier alpha value is -1.64. The molecule has 1 aliphatic heterocycles. The molecule has 0 radical (unpaired) electrons. The van der Waals surface area contributed by atoms with Crippen LogP contribution in [0.4, 0.5) is 5.69 Å². The Balaban J connectivity index is 1.57. The van der Waals surface area contributed by atoms with E-state index in [2.05, 4.69) is 31.9 Å². The van der Waals surface area contributed by atoms with Gasteiger partial charge in [0.25, 0.3) is 5.91 Å². The topological polar surface area (TPSA) is 29.5 Å². The molecule has 0 spiro atoms. The van der Waals surface area contributed by atoms with E-state index in [0.717, 1.165) is 36.9 Å². The highest BCUT2D eigenvalue weighted by molar-refractivity contribution is 9.11. The van der Waals surface area contributed by atoms with Crippen LogP contribution in [0.15, 0.2) is 68.4 Å². The van der Waals surface area contributed by atoms with Crippen molar-refractivity contribution >= 4 is 89.4 Å². The molecule has 1 saturated heterocycles. The average molecular weight is 624 g/mol. The molecule has 1 amide bonds. The maximum Gasteiger partial charge on any atom is 0.270 e. The number of thioether (sulfide) groups is 1. The smallest absolute Gasteiger partial charge is 0.270 e. The van der Waals surface area contributed by atoms with Gasteiger partial charge in [0.05, 0.1) is 19.5 Å². The standard InChI is InChI=1S/C25H18Br2ClNO2S2/c1-14-7-8-21(15(2)9-14)29-24(30)22(33-25(29)32)12-16-10-18(26)23(19(27)11-16)31-13-17-5-3-4-6-20(17)28/h3-12H,13H2,1-2H3/b22-12-. The summed E-state index contributed by atoms with van der Waals surface area (Å²) in [7, 11) is 0. The van der Waals surface area contributed by atoms with Crippen LogP contribution in [0, 0.1) is 13.8 Å². The van der Waals surface area contributed by atoms with Gasteiger partial charge in [0.2, 0.25) is 0 Å². The van der Waals surface area contributed by atoms with Gasteiger partial charge < -0.3 is 4.74 Å². The number of rotatable bonds is 5. The number of thiocarbonyl (C=S) groups is 1. The van der Waals surface area contributed by atoms with Crippen LogP contribution in [0.2, 0.25) is 5.02 Å². The quantitative estimate of drug-likeness (QED) is 0.211. The average Bonchev–Trinajstić information content (AvgIpc) is 3.02. The summed E-state index contributed by atoms with van der Waals surface area (Å²) in [6.45, 7) is 4.35. The summed E-state index contributed by atoms with van der Waals surface area (Å²) in [5, 5.41) is 0.659. The van der Waals surface area contributed by atoms with E-state index < -0.39 is 0 Å². The Morgan fingerprint density at radius 2 is 1.79 bits per heavy atom. The van der Waals surface area contributed by atoms with Crippen molar-refractivity contribution < 1.29 is 9.53 Å². The van der Waals surface area contributed by atoms with Gasteiger partial charge in [-0.25, -0.2) is 0 Å². The second kappa shape index (κ2) is 10.3. The Morgan fingerprint density at radius 1 is 1.09 bits per heavy atom. The van der Waals surface area contributed by atoms with Crippen molar-refractivity contribution in [1.82, 2.24) is 0 Å². The predicted octanol–water partition coefficient (Wildman–Crippen LogP) is 8.47. The molecule has 33 heavy (non-hydrogen) atoms. The van der Waals surface area contributed by atoms with E-state index in [9.17, 15) is 4.79 Å². The number of benzene rings is 3. The Kier molecular flexibility index (Phi) is 7.66. The minimum absolute atomic E-state index is 0.122. The highest BCUT2D eigenvalue weighted by atomic mass is 79.9. The lowest BCUT2D eigenvalue weighted by Gasteiger charge is -2.17. The molecule has 0 bridgehead atoms. The van der Waals surface area contributed by atoms with Crippen molar-refractivity contribution in [2.24, 2.45) is 0 Å². The molecule has 168 valence electrons. The largest absolute Gasteiger partial charge is 0.486 e. The van der Waals surface area contributed by atoms with Crippen LogP contribution in [0.3, 0.4) is 0 Å². The van der Waals surface area contributed by atoms with Gasteiger partial charge in [-0.05, 0) is 87.2 Å². The van der Waals surface area contributed by atoms with Crippen molar-refractivity contribution in [2.45, 2.75) is 20.5 Å². The summed E-state index contributed by atoms with van der Waals surface area (Å²) in [6, 6.07) is 17.4. The summed E-state index contributed by atoms with van der Waals surface area (Å²) in [4.78, 5) is 15.4. The lowest BCUT2D eigenvalue weighted by atomic mass is 10.1. The summed E-state index contributed by atoms with van der Waals surface area (Å²) >= 11 is 20.2. The zero-order chi connectivity index (χ0) is 23.7. The van der Waals surface area contributed by atoms with Crippen LogP contribution in [-0.2, 0) is 11.4 Å². The highest BCUT2D eigenvalue weighted by Gasteiger charge is 2.34. The Labute approximate surface area is 224 Å². The third-order valence-electron chi connectivity index (χ3n) is 5.04. The van der Waals surface area contributed by atoms with E-state index in [1.807, 2.05) is 74.5 Å². The van der Waals surface area contributed by atoms with Gasteiger partial charge in [-0.1, -0.05) is 71.5 Å². The second-order valence-electron chi connectivity index (χ2n) is 7.50. The molecular weight excluding hydrogens is 606 g/mol. The number of hydrogen-bond acceptors (Lipinski definition) is 4. The number of halogens is 3. The van der Waals surface area contributed by atoms with Crippen molar-refractivity contribution in [3.63, 3.8) is 0 Å². The molecule has 0 N–H and O–H groups in total. The maximum atomic E-state index is 13.2. The van der Waals surface area contributed by atoms with Gasteiger partial charge in [-0.15, -0.1) is 0 Å². The van der Waals surface area contributed by atoms with Crippen molar-refractivity contribution in [3.8, 4) is 5.75 Å². The van der Waals surface area contributed by atoms with Crippen LogP contribution in [-0.4, -0.2) is 10.2 Å². The minimum Gasteiger partial charge on any atom is -0.486 e. The first-order valence-electron chi connectivity index (χ1n) is 9.95. The van der Waals surface area contributed by atoms with Crippen LogP contribution < -0.4 is 9.64 Å². The number of aryl methyl sites for hydroxylation is 2. The highest BCUT2D eigenvalue weighted by Crippen LogP contribution is 2.40. The van der Waals surface area contributed by atoms with Gasteiger partial charge in [-0.2, -0.15) is 0 Å². The molecule has 8 heteroatoms. The molecule has 3 aromatic rings. The van der Waals surface area contributed by atoms with E-state index >= 15 is 0 Å². The van der Waals surface area contributed by atoms with E-state index in [1.165, 1.54) is 11.8 Å². The lowest BCUT2D eigenvalue weighted by molar-refractivity contribution is -0.113. The molecule has 4 rings (SSSR count). The minimum atomic E-state index is -0.122. The first kappa shape index (κ1) is 24.5. The molecule has 0 saturated carbocycles. The predicted molar refractivity (Wildman–Crippen MR) is 149 cm³/mol. The van der Waals surface area contributed by atoms with Crippen LogP contribution >= 0.6 is 67.4 Å². The third kappa shape index (κ3) is 5.38. The molecule has 3 nitrogen and oxygen atoms in total. The Morgan fingerprint density at radius 3 is 2.45 bits per heavy atom. The molecule has 1 aliphatic rings. The number of anilines is 1. The van der Waals surface area contributed by atoms with Crippen LogP contribution in [0.5, 0.6) is 5.75 Å². The van der Waals surface area contributed by atoms with E-state index in [1.54, 1.807) is 4.90 Å². The molecule has 0 atom stereocenters. The summed E-state index contributed by atoms with van der Waals surface area (Å²) in [5.74, 6) is 0.540. The number of ether oxygens (including phenoxy) is 1. The van der Waals surface area contributed by atoms with Gasteiger partial charge in [0.15, 0.2) is 4.32 Å². The number of carbonyl (C=O) groups excluding carboxylic acids is 1. The SMILES string of the molecule is Cc1ccc(N2C(=O)/C(=C/c3cc(Br)c(OCc4ccccc4Cl)c(Br)c3)SC2=S)c(C)c1. The van der Waals surface area contributed by atoms with E-state index in [-0.39, 0.29) is 5.91 Å². The maximum absolute atomic E-state index is 13.2. The fourth-order valence-electron chi connectivity index (χ4n) is 3.45. The van der Waals surface area contributed by atoms with E-state index in [4.69, 9.17) is 28.6 Å². The number of nitrogens with zero attached hydrogens (tertiary/aromatic N) is 1. The van der Waals surface area contributed by atoms with Gasteiger partial charge in [0.1, 0.15) is 12.4 Å². The zero-order valence-corrected chi connectivity index (χ0v) is 23.3. The summed E-state index contributed by atoms with van der Waals surface area (Å²) < 4.78 is 8.05. The number of amides is 1. The van der Waals surface area contributed by atoms with Crippen LogP contribution in [0.25, 0.3) is 6.08 Å². The fourth-order valence-corrected chi connectivity index (χ4v) is 6.38. The summed E-state index contributed by atoms with van der Waals surface area (Å²) in [6.07, 6.45) is 1.84. The van der Waals surface area contributed by atoms with Crippen molar-refractivity contribution in [3.05, 3.63) is 95.7 Å². The Bertz CT molecular complexity index is 1290. The molecular formula is C25H18Br2ClNO2S2. The van der Waals surface area contributed by atoms with Gasteiger partial charge in [0, 0.05) is 10.6 Å². The first-order chi connectivity index (χ1) is 15.7. The molecule has 0 aromatic heterocycles. The van der Waals surface area contributed by atoms with E-state index in [0.29, 0.717) is 26.6 Å². The molecule has 3 aromatic carbocycles. The second-order valence-corrected chi connectivity index (χ2v) is 11.3. The molecule has 0 unspecified atom stereocenters. The lowest BCUT2D eigenvalue weighted by Crippen LogP contribution is -2.28. The molecule has 1 heterocycles. The molecule has 0 aliphatic carbocycles. The fraction of sp³-hybridized carbons (Fsp3) is 0.120. The molecule has 1 fully saturated rings. The first-order valence-corrected chi connectivity index (χ1v) is 13.1. The van der Waals surface area contributed by atoms with Crippen LogP contribution in [0.1, 0.15) is 22.3 Å². The number of carbonyl (C=O) groups is 1. The normalized spacial score (nSPS) is 14.9. The van der Waals surface area contributed by atoms with Gasteiger partial charge >= 0.3 is 0 Å². The van der Waals surface area contributed by atoms with Crippen molar-refractivity contribution in [2.75, 3.05) is 4.90 Å². The third-order valence-corrected chi connectivity index (χ3v) is 7.88. The van der Waals surface area contributed by atoms with Crippen molar-refractivity contribution in [1.29, 1.82) is 0 Å². The van der Waals surface area contributed by atoms with Gasteiger partial charge in [-0.3, -0.25) is 9.69 Å².